The summed E-state index contributed by atoms with van der Waals surface area (Å²) in [5, 5.41) is 17.2. The molecule has 2 N–H and O–H groups in total. The van der Waals surface area contributed by atoms with Gasteiger partial charge in [-0.1, -0.05) is 0 Å². The van der Waals surface area contributed by atoms with E-state index in [1.165, 1.54) is 0 Å². The molecular weight excluding hydrogens is 222 g/mol. The van der Waals surface area contributed by atoms with Crippen LogP contribution in [0.1, 0.15) is 13.3 Å². The Hall–Kier alpha value is -0.520. The molecular formula is C11H21N3OS. The lowest BCUT2D eigenvalue weighted by Gasteiger charge is -2.16. The van der Waals surface area contributed by atoms with E-state index in [-0.39, 0.29) is 6.10 Å². The number of nitrogens with one attached hydrogen (secondary N) is 1. The first-order valence-electron chi connectivity index (χ1n) is 5.60. The highest BCUT2D eigenvalue weighted by Crippen LogP contribution is 2.00. The number of aromatic nitrogens is 2. The van der Waals surface area contributed by atoms with Gasteiger partial charge in [0.2, 0.25) is 0 Å². The highest BCUT2D eigenvalue weighted by atomic mass is 32.2. The summed E-state index contributed by atoms with van der Waals surface area (Å²) < 4.78 is 1.75. The third-order valence-corrected chi connectivity index (χ3v) is 3.06. The van der Waals surface area contributed by atoms with Gasteiger partial charge in [-0.15, -0.1) is 0 Å². The maximum absolute atomic E-state index is 9.77. The number of aliphatic hydroxyl groups is 1. The first-order valence-corrected chi connectivity index (χ1v) is 6.99. The molecule has 1 aromatic rings. The molecule has 5 heteroatoms. The highest BCUT2D eigenvalue weighted by molar-refractivity contribution is 7.98. The first-order chi connectivity index (χ1) is 7.72. The molecule has 2 atom stereocenters. The van der Waals surface area contributed by atoms with Gasteiger partial charge < -0.3 is 10.4 Å². The Morgan fingerprint density at radius 2 is 2.38 bits per heavy atom. The van der Waals surface area contributed by atoms with Crippen molar-refractivity contribution in [2.75, 3.05) is 18.6 Å². The topological polar surface area (TPSA) is 50.1 Å². The number of aliphatic hydroxyl groups excluding tert-OH is 1. The van der Waals surface area contributed by atoms with Gasteiger partial charge in [-0.05, 0) is 31.4 Å². The monoisotopic (exact) mass is 243 g/mol. The average molecular weight is 243 g/mol. The average Bonchev–Trinajstić information content (AvgIpc) is 2.76. The zero-order valence-electron chi connectivity index (χ0n) is 9.97. The summed E-state index contributed by atoms with van der Waals surface area (Å²) in [5.74, 6) is 1.16. The Labute approximate surface area is 101 Å². The number of nitrogens with zero attached hydrogens (tertiary/aromatic N) is 2. The summed E-state index contributed by atoms with van der Waals surface area (Å²) >= 11 is 1.85. The fourth-order valence-electron chi connectivity index (χ4n) is 1.42. The van der Waals surface area contributed by atoms with E-state index in [1.54, 1.807) is 10.9 Å². The summed E-state index contributed by atoms with van der Waals surface area (Å²) in [6.45, 7) is 3.32. The van der Waals surface area contributed by atoms with Crippen LogP contribution in [0.5, 0.6) is 0 Å². The molecule has 0 bridgehead atoms. The van der Waals surface area contributed by atoms with E-state index in [9.17, 15) is 5.11 Å². The third kappa shape index (κ3) is 5.53. The van der Waals surface area contributed by atoms with Crippen molar-refractivity contribution < 1.29 is 5.11 Å². The van der Waals surface area contributed by atoms with E-state index in [2.05, 4.69) is 23.6 Å². The Balaban J connectivity index is 2.12. The molecule has 1 rings (SSSR count). The molecule has 0 saturated heterocycles. The Kier molecular flexibility index (Phi) is 6.52. The molecule has 1 aromatic heterocycles. The lowest BCUT2D eigenvalue weighted by molar-refractivity contribution is 0.143. The summed E-state index contributed by atoms with van der Waals surface area (Å²) in [7, 11) is 0. The number of hydrogen-bond donors (Lipinski definition) is 2. The van der Waals surface area contributed by atoms with Crippen molar-refractivity contribution in [1.82, 2.24) is 15.1 Å². The molecule has 0 aliphatic carbocycles. The van der Waals surface area contributed by atoms with E-state index >= 15 is 0 Å². The second-order valence-electron chi connectivity index (χ2n) is 3.97. The molecule has 2 unspecified atom stereocenters. The highest BCUT2D eigenvalue weighted by Gasteiger charge is 2.07. The minimum Gasteiger partial charge on any atom is -0.390 e. The minimum atomic E-state index is -0.378. The van der Waals surface area contributed by atoms with Crippen LogP contribution < -0.4 is 5.32 Å². The zero-order valence-corrected chi connectivity index (χ0v) is 10.8. The van der Waals surface area contributed by atoms with E-state index in [0.717, 1.165) is 12.2 Å². The standard InChI is InChI=1S/C11H21N3OS/c1-10(4-7-16-2)12-8-11(15)9-14-6-3-5-13-14/h3,5-6,10-12,15H,4,7-9H2,1-2H3. The molecule has 0 fully saturated rings. The van der Waals surface area contributed by atoms with Crippen molar-refractivity contribution in [3.63, 3.8) is 0 Å². The molecule has 4 nitrogen and oxygen atoms in total. The molecule has 0 amide bonds. The van der Waals surface area contributed by atoms with Crippen LogP contribution in [-0.2, 0) is 6.54 Å². The molecule has 0 radical (unpaired) electrons. The van der Waals surface area contributed by atoms with Crippen LogP contribution in [0.2, 0.25) is 0 Å². The van der Waals surface area contributed by atoms with Crippen molar-refractivity contribution >= 4 is 11.8 Å². The van der Waals surface area contributed by atoms with Crippen molar-refractivity contribution in [3.05, 3.63) is 18.5 Å². The van der Waals surface area contributed by atoms with Crippen LogP contribution in [0.15, 0.2) is 18.5 Å². The maximum atomic E-state index is 9.77. The van der Waals surface area contributed by atoms with Crippen LogP contribution >= 0.6 is 11.8 Å². The van der Waals surface area contributed by atoms with Crippen LogP contribution in [-0.4, -0.2) is 45.6 Å². The SMILES string of the molecule is CSCCC(C)NCC(O)Cn1cccn1. The normalized spacial score (nSPS) is 14.9. The molecule has 0 saturated carbocycles. The third-order valence-electron chi connectivity index (χ3n) is 2.41. The lowest BCUT2D eigenvalue weighted by Crippen LogP contribution is -2.36. The van der Waals surface area contributed by atoms with Crippen LogP contribution in [0.25, 0.3) is 0 Å². The van der Waals surface area contributed by atoms with E-state index in [4.69, 9.17) is 0 Å². The zero-order chi connectivity index (χ0) is 11.8. The van der Waals surface area contributed by atoms with Gasteiger partial charge in [0.05, 0.1) is 12.6 Å². The molecule has 0 aliphatic heterocycles. The van der Waals surface area contributed by atoms with Gasteiger partial charge >= 0.3 is 0 Å². The quantitative estimate of drug-likeness (QED) is 0.714. The van der Waals surface area contributed by atoms with Gasteiger partial charge in [0.15, 0.2) is 0 Å². The summed E-state index contributed by atoms with van der Waals surface area (Å²) in [4.78, 5) is 0. The first kappa shape index (κ1) is 13.5. The summed E-state index contributed by atoms with van der Waals surface area (Å²) in [5.41, 5.74) is 0. The predicted octanol–water partition coefficient (Wildman–Crippen LogP) is 0.975. The summed E-state index contributed by atoms with van der Waals surface area (Å²) in [6.07, 6.45) is 6.45. The predicted molar refractivity (Wildman–Crippen MR) is 68.7 cm³/mol. The Bertz CT molecular complexity index is 266. The molecule has 16 heavy (non-hydrogen) atoms. The van der Waals surface area contributed by atoms with Crippen molar-refractivity contribution in [2.45, 2.75) is 32.0 Å². The smallest absolute Gasteiger partial charge is 0.0860 e. The van der Waals surface area contributed by atoms with E-state index in [1.807, 2.05) is 24.0 Å². The fourth-order valence-corrected chi connectivity index (χ4v) is 2.01. The van der Waals surface area contributed by atoms with Gasteiger partial charge in [0.25, 0.3) is 0 Å². The van der Waals surface area contributed by atoms with E-state index < -0.39 is 0 Å². The van der Waals surface area contributed by atoms with Gasteiger partial charge in [-0.3, -0.25) is 4.68 Å². The largest absolute Gasteiger partial charge is 0.390 e. The number of rotatable bonds is 8. The van der Waals surface area contributed by atoms with Crippen LogP contribution in [0.3, 0.4) is 0 Å². The summed E-state index contributed by atoms with van der Waals surface area (Å²) in [6, 6.07) is 2.32. The fraction of sp³-hybridized carbons (Fsp3) is 0.727. The van der Waals surface area contributed by atoms with Gasteiger partial charge in [-0.2, -0.15) is 16.9 Å². The number of hydrogen-bond acceptors (Lipinski definition) is 4. The van der Waals surface area contributed by atoms with Crippen LogP contribution in [0.4, 0.5) is 0 Å². The molecule has 0 spiro atoms. The van der Waals surface area contributed by atoms with Crippen molar-refractivity contribution in [1.29, 1.82) is 0 Å². The van der Waals surface area contributed by atoms with Gasteiger partial charge in [0.1, 0.15) is 0 Å². The van der Waals surface area contributed by atoms with E-state index in [0.29, 0.717) is 19.1 Å². The Morgan fingerprint density at radius 1 is 1.56 bits per heavy atom. The molecule has 0 aliphatic rings. The second-order valence-corrected chi connectivity index (χ2v) is 4.96. The number of thioether (sulfide) groups is 1. The lowest BCUT2D eigenvalue weighted by atomic mass is 10.2. The van der Waals surface area contributed by atoms with Gasteiger partial charge in [-0.25, -0.2) is 0 Å². The maximum Gasteiger partial charge on any atom is 0.0860 e. The molecule has 92 valence electrons. The second kappa shape index (κ2) is 7.70. The van der Waals surface area contributed by atoms with Gasteiger partial charge in [0, 0.05) is 25.0 Å². The minimum absolute atomic E-state index is 0.378. The van der Waals surface area contributed by atoms with Crippen molar-refractivity contribution in [2.24, 2.45) is 0 Å². The Morgan fingerprint density at radius 3 is 3.00 bits per heavy atom. The molecule has 0 aromatic carbocycles. The van der Waals surface area contributed by atoms with Crippen molar-refractivity contribution in [3.8, 4) is 0 Å². The van der Waals surface area contributed by atoms with Crippen LogP contribution in [0, 0.1) is 0 Å². The molecule has 1 heterocycles.